The molecular formula is C12H16O4. The van der Waals surface area contributed by atoms with Crippen molar-refractivity contribution in [2.45, 2.75) is 26.1 Å². The summed E-state index contributed by atoms with van der Waals surface area (Å²) < 4.78 is 4.64. The van der Waals surface area contributed by atoms with E-state index in [1.165, 1.54) is 0 Å². The molecule has 2 atom stereocenters. The molecular weight excluding hydrogens is 208 g/mol. The van der Waals surface area contributed by atoms with Crippen LogP contribution in [0.3, 0.4) is 0 Å². The van der Waals surface area contributed by atoms with Gasteiger partial charge in [-0.05, 0) is 25.0 Å². The largest absolute Gasteiger partial charge is 0.464 e. The SMILES string of the molecule is CCOC(=O)[C@@H](O)[C@@H](O)c1ccccc1C. The van der Waals surface area contributed by atoms with Crippen LogP contribution >= 0.6 is 0 Å². The van der Waals surface area contributed by atoms with E-state index in [1.54, 1.807) is 32.0 Å². The van der Waals surface area contributed by atoms with Crippen LogP contribution in [0.1, 0.15) is 24.2 Å². The highest BCUT2D eigenvalue weighted by molar-refractivity contribution is 5.75. The Bertz CT molecular complexity index is 362. The molecule has 0 amide bonds. The summed E-state index contributed by atoms with van der Waals surface area (Å²) in [6, 6.07) is 7.03. The summed E-state index contributed by atoms with van der Waals surface area (Å²) in [5, 5.41) is 19.4. The van der Waals surface area contributed by atoms with Gasteiger partial charge < -0.3 is 14.9 Å². The van der Waals surface area contributed by atoms with Gasteiger partial charge in [0, 0.05) is 0 Å². The first-order valence-electron chi connectivity index (χ1n) is 5.16. The van der Waals surface area contributed by atoms with Gasteiger partial charge in [-0.2, -0.15) is 0 Å². The van der Waals surface area contributed by atoms with E-state index in [1.807, 2.05) is 6.07 Å². The Hall–Kier alpha value is -1.39. The van der Waals surface area contributed by atoms with Crippen molar-refractivity contribution >= 4 is 5.97 Å². The van der Waals surface area contributed by atoms with Gasteiger partial charge in [-0.1, -0.05) is 24.3 Å². The number of benzene rings is 1. The van der Waals surface area contributed by atoms with Gasteiger partial charge >= 0.3 is 5.97 Å². The summed E-state index contributed by atoms with van der Waals surface area (Å²) >= 11 is 0. The van der Waals surface area contributed by atoms with Gasteiger partial charge in [-0.3, -0.25) is 0 Å². The first-order chi connectivity index (χ1) is 7.57. The number of hydrogen-bond donors (Lipinski definition) is 2. The fourth-order valence-corrected chi connectivity index (χ4v) is 1.45. The van der Waals surface area contributed by atoms with Crippen LogP contribution in [0, 0.1) is 6.92 Å². The van der Waals surface area contributed by atoms with E-state index in [-0.39, 0.29) is 6.61 Å². The topological polar surface area (TPSA) is 66.8 Å². The highest BCUT2D eigenvalue weighted by atomic mass is 16.5. The molecule has 88 valence electrons. The third kappa shape index (κ3) is 2.81. The van der Waals surface area contributed by atoms with Crippen LogP contribution in [-0.4, -0.2) is 28.9 Å². The molecule has 0 heterocycles. The van der Waals surface area contributed by atoms with Gasteiger partial charge in [0.15, 0.2) is 6.10 Å². The average Bonchev–Trinajstić information content (AvgIpc) is 2.28. The second-order valence-electron chi connectivity index (χ2n) is 3.50. The minimum absolute atomic E-state index is 0.177. The lowest BCUT2D eigenvalue weighted by atomic mass is 10.00. The Morgan fingerprint density at radius 2 is 2.00 bits per heavy atom. The summed E-state index contributed by atoms with van der Waals surface area (Å²) in [4.78, 5) is 11.2. The lowest BCUT2D eigenvalue weighted by molar-refractivity contribution is -0.159. The van der Waals surface area contributed by atoms with E-state index in [0.717, 1.165) is 5.56 Å². The van der Waals surface area contributed by atoms with E-state index >= 15 is 0 Å². The number of aryl methyl sites for hydroxylation is 1. The van der Waals surface area contributed by atoms with Crippen molar-refractivity contribution in [3.8, 4) is 0 Å². The minimum atomic E-state index is -1.54. The van der Waals surface area contributed by atoms with Crippen molar-refractivity contribution in [3.63, 3.8) is 0 Å². The first-order valence-corrected chi connectivity index (χ1v) is 5.16. The summed E-state index contributed by atoms with van der Waals surface area (Å²) in [5.41, 5.74) is 1.35. The third-order valence-electron chi connectivity index (χ3n) is 2.33. The summed E-state index contributed by atoms with van der Waals surface area (Å²) in [6.45, 7) is 3.62. The fraction of sp³-hybridized carbons (Fsp3) is 0.417. The molecule has 0 bridgehead atoms. The molecule has 0 radical (unpaired) electrons. The number of aliphatic hydroxyl groups excluding tert-OH is 2. The highest BCUT2D eigenvalue weighted by Gasteiger charge is 2.27. The van der Waals surface area contributed by atoms with Crippen molar-refractivity contribution in [1.82, 2.24) is 0 Å². The number of esters is 1. The van der Waals surface area contributed by atoms with Gasteiger partial charge in [0.2, 0.25) is 0 Å². The van der Waals surface area contributed by atoms with Crippen LogP contribution in [0.2, 0.25) is 0 Å². The maximum Gasteiger partial charge on any atom is 0.338 e. The Morgan fingerprint density at radius 1 is 1.38 bits per heavy atom. The maximum atomic E-state index is 11.2. The van der Waals surface area contributed by atoms with E-state index in [2.05, 4.69) is 4.74 Å². The quantitative estimate of drug-likeness (QED) is 0.747. The Kier molecular flexibility index (Phi) is 4.46. The summed E-state index contributed by atoms with van der Waals surface area (Å²) in [6.07, 6.45) is -2.79. The number of carbonyl (C=O) groups excluding carboxylic acids is 1. The highest BCUT2D eigenvalue weighted by Crippen LogP contribution is 2.21. The van der Waals surface area contributed by atoms with Crippen molar-refractivity contribution in [2.75, 3.05) is 6.61 Å². The van der Waals surface area contributed by atoms with E-state index in [4.69, 9.17) is 0 Å². The van der Waals surface area contributed by atoms with Gasteiger partial charge in [0.1, 0.15) is 6.10 Å². The van der Waals surface area contributed by atoms with Crippen molar-refractivity contribution in [2.24, 2.45) is 0 Å². The van der Waals surface area contributed by atoms with Crippen LogP contribution < -0.4 is 0 Å². The number of aliphatic hydroxyl groups is 2. The molecule has 0 fully saturated rings. The molecule has 0 aromatic heterocycles. The number of carbonyl (C=O) groups is 1. The van der Waals surface area contributed by atoms with Gasteiger partial charge in [-0.15, -0.1) is 0 Å². The lowest BCUT2D eigenvalue weighted by Gasteiger charge is -2.18. The predicted molar refractivity (Wildman–Crippen MR) is 58.8 cm³/mol. The lowest BCUT2D eigenvalue weighted by Crippen LogP contribution is -2.30. The van der Waals surface area contributed by atoms with Crippen LogP contribution in [0.5, 0.6) is 0 Å². The molecule has 0 saturated heterocycles. The molecule has 1 rings (SSSR count). The molecule has 4 heteroatoms. The van der Waals surface area contributed by atoms with Crippen LogP contribution in [0.15, 0.2) is 24.3 Å². The molecule has 0 unspecified atom stereocenters. The fourth-order valence-electron chi connectivity index (χ4n) is 1.45. The molecule has 0 saturated carbocycles. The smallest absolute Gasteiger partial charge is 0.338 e. The van der Waals surface area contributed by atoms with Gasteiger partial charge in [-0.25, -0.2) is 4.79 Å². The molecule has 1 aromatic rings. The number of hydrogen-bond acceptors (Lipinski definition) is 4. The maximum absolute atomic E-state index is 11.2. The molecule has 0 aliphatic heterocycles. The normalized spacial score (nSPS) is 14.2. The Morgan fingerprint density at radius 3 is 2.56 bits per heavy atom. The summed E-state index contributed by atoms with van der Waals surface area (Å²) in [5.74, 6) is -0.807. The average molecular weight is 224 g/mol. The van der Waals surface area contributed by atoms with Gasteiger partial charge in [0.25, 0.3) is 0 Å². The molecule has 4 nitrogen and oxygen atoms in total. The van der Waals surface area contributed by atoms with Crippen LogP contribution in [0.4, 0.5) is 0 Å². The minimum Gasteiger partial charge on any atom is -0.464 e. The number of ether oxygens (including phenoxy) is 1. The van der Waals surface area contributed by atoms with Crippen LogP contribution in [-0.2, 0) is 9.53 Å². The molecule has 1 aromatic carbocycles. The zero-order valence-electron chi connectivity index (χ0n) is 9.38. The zero-order valence-corrected chi connectivity index (χ0v) is 9.38. The molecule has 0 aliphatic carbocycles. The van der Waals surface area contributed by atoms with Crippen molar-refractivity contribution in [1.29, 1.82) is 0 Å². The molecule has 2 N–H and O–H groups in total. The third-order valence-corrected chi connectivity index (χ3v) is 2.33. The van der Waals surface area contributed by atoms with E-state index in [0.29, 0.717) is 5.56 Å². The van der Waals surface area contributed by atoms with Gasteiger partial charge in [0.05, 0.1) is 6.61 Å². The zero-order chi connectivity index (χ0) is 12.1. The van der Waals surface area contributed by atoms with E-state index in [9.17, 15) is 15.0 Å². The second-order valence-corrected chi connectivity index (χ2v) is 3.50. The number of rotatable bonds is 4. The molecule has 0 spiro atoms. The van der Waals surface area contributed by atoms with Crippen LogP contribution in [0.25, 0.3) is 0 Å². The van der Waals surface area contributed by atoms with Crippen molar-refractivity contribution < 1.29 is 19.7 Å². The second kappa shape index (κ2) is 5.63. The van der Waals surface area contributed by atoms with Crippen molar-refractivity contribution in [3.05, 3.63) is 35.4 Å². The Balaban J connectivity index is 2.82. The van der Waals surface area contributed by atoms with E-state index < -0.39 is 18.2 Å². The Labute approximate surface area is 94.5 Å². The first kappa shape index (κ1) is 12.7. The molecule has 16 heavy (non-hydrogen) atoms. The predicted octanol–water partition coefficient (Wildman–Crippen LogP) is 0.952. The summed E-state index contributed by atoms with van der Waals surface area (Å²) in [7, 11) is 0. The monoisotopic (exact) mass is 224 g/mol. The standard InChI is InChI=1S/C12H16O4/c1-3-16-12(15)11(14)10(13)9-7-5-4-6-8(9)2/h4-7,10-11,13-14H,3H2,1-2H3/t10-,11-/m0/s1. The molecule has 0 aliphatic rings.